The molecule has 2 aliphatic heterocycles. The molecule has 0 radical (unpaired) electrons. The number of rotatable bonds is 2. The molecule has 2 aromatic carbocycles. The molecule has 4 aromatic rings. The molecule has 0 amide bonds. The number of aldehydes is 2. The summed E-state index contributed by atoms with van der Waals surface area (Å²) in [4.78, 5) is 22.3. The standard InChI is InChI=1S/2C13H13NO/c2*1-9-4-5-13-10(7-9)11(8-15)12-3-2-6-14(12)13/h2*4-5,7-8H,2-3,6H2,1H3. The molecule has 0 aliphatic carbocycles. The monoisotopic (exact) mass is 398 g/mol. The fourth-order valence-corrected chi connectivity index (χ4v) is 5.22. The van der Waals surface area contributed by atoms with E-state index in [0.29, 0.717) is 0 Å². The highest BCUT2D eigenvalue weighted by Crippen LogP contribution is 2.31. The van der Waals surface area contributed by atoms with Gasteiger partial charge in [0.2, 0.25) is 0 Å². The van der Waals surface area contributed by atoms with E-state index >= 15 is 0 Å². The van der Waals surface area contributed by atoms with E-state index in [-0.39, 0.29) is 0 Å². The number of aromatic nitrogens is 2. The maximum atomic E-state index is 11.1. The van der Waals surface area contributed by atoms with Crippen molar-refractivity contribution in [3.8, 4) is 0 Å². The molecule has 4 nitrogen and oxygen atoms in total. The van der Waals surface area contributed by atoms with Crippen molar-refractivity contribution >= 4 is 34.4 Å². The van der Waals surface area contributed by atoms with E-state index in [1.807, 2.05) is 0 Å². The highest BCUT2D eigenvalue weighted by atomic mass is 16.1. The Bertz CT molecular complexity index is 1200. The fraction of sp³-hybridized carbons (Fsp3) is 0.308. The maximum Gasteiger partial charge on any atom is 0.152 e. The lowest BCUT2D eigenvalue weighted by molar-refractivity contribution is 0.111. The van der Waals surface area contributed by atoms with Gasteiger partial charge in [-0.15, -0.1) is 0 Å². The first-order chi connectivity index (χ1) is 14.6. The molecule has 0 unspecified atom stereocenters. The number of hydrogen-bond acceptors (Lipinski definition) is 2. The van der Waals surface area contributed by atoms with Crippen molar-refractivity contribution < 1.29 is 9.59 Å². The van der Waals surface area contributed by atoms with E-state index in [1.165, 1.54) is 46.4 Å². The Morgan fingerprint density at radius 1 is 0.700 bits per heavy atom. The van der Waals surface area contributed by atoms with Gasteiger partial charge in [-0.05, 0) is 63.8 Å². The van der Waals surface area contributed by atoms with Crippen LogP contribution in [0.1, 0.15) is 56.1 Å². The van der Waals surface area contributed by atoms with Gasteiger partial charge in [0.05, 0.1) is 0 Å². The van der Waals surface area contributed by atoms with Crippen LogP contribution in [-0.2, 0) is 25.9 Å². The van der Waals surface area contributed by atoms with Gasteiger partial charge in [0.25, 0.3) is 0 Å². The Morgan fingerprint density at radius 3 is 1.53 bits per heavy atom. The fourth-order valence-electron chi connectivity index (χ4n) is 5.22. The quantitative estimate of drug-likeness (QED) is 0.423. The van der Waals surface area contributed by atoms with Gasteiger partial charge in [0.1, 0.15) is 0 Å². The summed E-state index contributed by atoms with van der Waals surface area (Å²) in [5, 5.41) is 2.25. The Morgan fingerprint density at radius 2 is 1.13 bits per heavy atom. The smallest absolute Gasteiger partial charge is 0.152 e. The minimum Gasteiger partial charge on any atom is -0.344 e. The second-order valence-corrected chi connectivity index (χ2v) is 8.51. The van der Waals surface area contributed by atoms with Crippen molar-refractivity contribution in [3.63, 3.8) is 0 Å². The summed E-state index contributed by atoms with van der Waals surface area (Å²) in [5.74, 6) is 0. The van der Waals surface area contributed by atoms with Crippen molar-refractivity contribution in [3.05, 3.63) is 70.0 Å². The van der Waals surface area contributed by atoms with Crippen molar-refractivity contribution in [1.29, 1.82) is 0 Å². The van der Waals surface area contributed by atoms with Crippen molar-refractivity contribution in [2.45, 2.75) is 52.6 Å². The normalized spacial score (nSPS) is 14.5. The molecule has 0 fully saturated rings. The molecule has 152 valence electrons. The van der Waals surface area contributed by atoms with Crippen molar-refractivity contribution in [2.75, 3.05) is 0 Å². The molecule has 2 aromatic heterocycles. The SMILES string of the molecule is Cc1ccc2c(c1)c(C=O)c1n2CCC1.Cc1ccc2c(c1)c(C=O)c1n2CCC1. The predicted octanol–water partition coefficient (Wildman–Crippen LogP) is 5.42. The zero-order valence-electron chi connectivity index (χ0n) is 17.6. The first-order valence-electron chi connectivity index (χ1n) is 10.8. The number of fused-ring (bicyclic) bond motifs is 6. The summed E-state index contributed by atoms with van der Waals surface area (Å²) >= 11 is 0. The van der Waals surface area contributed by atoms with Gasteiger partial charge in [0, 0.05) is 57.4 Å². The Labute approximate surface area is 176 Å². The average Bonchev–Trinajstić information content (AvgIpc) is 3.48. The van der Waals surface area contributed by atoms with E-state index in [9.17, 15) is 9.59 Å². The molecule has 30 heavy (non-hydrogen) atoms. The Balaban J connectivity index is 0.000000128. The molecule has 0 saturated heterocycles. The summed E-state index contributed by atoms with van der Waals surface area (Å²) in [7, 11) is 0. The number of hydrogen-bond donors (Lipinski definition) is 0. The van der Waals surface area contributed by atoms with Crippen LogP contribution in [0.15, 0.2) is 36.4 Å². The lowest BCUT2D eigenvalue weighted by Crippen LogP contribution is -1.91. The molecule has 4 heterocycles. The lowest BCUT2D eigenvalue weighted by Gasteiger charge is -1.99. The highest BCUT2D eigenvalue weighted by molar-refractivity contribution is 6.00. The second-order valence-electron chi connectivity index (χ2n) is 8.51. The molecular formula is C26H26N2O2. The molecule has 0 bridgehead atoms. The molecule has 2 aliphatic rings. The van der Waals surface area contributed by atoms with Crippen LogP contribution in [0.5, 0.6) is 0 Å². The summed E-state index contributed by atoms with van der Waals surface area (Å²) in [6.45, 7) is 6.25. The number of carbonyl (C=O) groups excluding carboxylic acids is 2. The summed E-state index contributed by atoms with van der Waals surface area (Å²) in [5.41, 5.74) is 9.14. The van der Waals surface area contributed by atoms with E-state index in [4.69, 9.17) is 0 Å². The van der Waals surface area contributed by atoms with Crippen LogP contribution in [0.25, 0.3) is 21.8 Å². The van der Waals surface area contributed by atoms with Gasteiger partial charge in [-0.25, -0.2) is 0 Å². The first kappa shape index (κ1) is 18.9. The van der Waals surface area contributed by atoms with Crippen molar-refractivity contribution in [2.24, 2.45) is 0 Å². The highest BCUT2D eigenvalue weighted by Gasteiger charge is 2.21. The zero-order chi connectivity index (χ0) is 20.8. The zero-order valence-corrected chi connectivity index (χ0v) is 17.6. The maximum absolute atomic E-state index is 11.1. The Kier molecular flexibility index (Phi) is 4.58. The molecule has 4 heteroatoms. The Hall–Kier alpha value is -3.14. The molecule has 0 saturated carbocycles. The van der Waals surface area contributed by atoms with Gasteiger partial charge in [-0.3, -0.25) is 9.59 Å². The lowest BCUT2D eigenvalue weighted by atomic mass is 10.1. The minimum atomic E-state index is 0.909. The van der Waals surface area contributed by atoms with E-state index in [2.05, 4.69) is 59.4 Å². The summed E-state index contributed by atoms with van der Waals surface area (Å²) in [6, 6.07) is 12.7. The predicted molar refractivity (Wildman–Crippen MR) is 121 cm³/mol. The van der Waals surface area contributed by atoms with Crippen LogP contribution in [-0.4, -0.2) is 21.7 Å². The number of carbonyl (C=O) groups is 2. The van der Waals surface area contributed by atoms with E-state index in [1.54, 1.807) is 0 Å². The van der Waals surface area contributed by atoms with Crippen LogP contribution in [0.3, 0.4) is 0 Å². The molecular weight excluding hydrogens is 372 g/mol. The molecule has 0 atom stereocenters. The van der Waals surface area contributed by atoms with Gasteiger partial charge >= 0.3 is 0 Å². The number of nitrogens with zero attached hydrogens (tertiary/aromatic N) is 2. The number of aryl methyl sites for hydroxylation is 4. The third-order valence-electron chi connectivity index (χ3n) is 6.57. The van der Waals surface area contributed by atoms with Crippen molar-refractivity contribution in [1.82, 2.24) is 9.13 Å². The van der Waals surface area contributed by atoms with Gasteiger partial charge in [-0.1, -0.05) is 23.3 Å². The second kappa shape index (κ2) is 7.28. The summed E-state index contributed by atoms with van der Waals surface area (Å²) < 4.78 is 4.58. The van der Waals surface area contributed by atoms with Crippen LogP contribution in [0.4, 0.5) is 0 Å². The molecule has 0 N–H and O–H groups in total. The van der Waals surface area contributed by atoms with E-state index < -0.39 is 0 Å². The molecule has 6 rings (SSSR count). The van der Waals surface area contributed by atoms with Gasteiger partial charge in [-0.2, -0.15) is 0 Å². The molecule has 0 spiro atoms. The minimum absolute atomic E-state index is 0.909. The van der Waals surface area contributed by atoms with Crippen LogP contribution in [0.2, 0.25) is 0 Å². The number of benzene rings is 2. The van der Waals surface area contributed by atoms with E-state index in [0.717, 1.165) is 60.4 Å². The first-order valence-corrected chi connectivity index (χ1v) is 10.8. The van der Waals surface area contributed by atoms with Crippen LogP contribution in [0, 0.1) is 13.8 Å². The van der Waals surface area contributed by atoms with Crippen LogP contribution < -0.4 is 0 Å². The topological polar surface area (TPSA) is 44.0 Å². The van der Waals surface area contributed by atoms with Crippen LogP contribution >= 0.6 is 0 Å². The average molecular weight is 399 g/mol. The van der Waals surface area contributed by atoms with Gasteiger partial charge in [0.15, 0.2) is 12.6 Å². The third-order valence-corrected chi connectivity index (χ3v) is 6.57. The summed E-state index contributed by atoms with van der Waals surface area (Å²) in [6.07, 6.45) is 6.45. The largest absolute Gasteiger partial charge is 0.344 e. The van der Waals surface area contributed by atoms with Gasteiger partial charge < -0.3 is 9.13 Å². The third kappa shape index (κ3) is 2.82.